The molecule has 0 saturated carbocycles. The van der Waals surface area contributed by atoms with Crippen LogP contribution in [-0.2, 0) is 6.54 Å². The maximum absolute atomic E-state index is 5.94. The van der Waals surface area contributed by atoms with Gasteiger partial charge in [-0.25, -0.2) is 9.97 Å². The zero-order chi connectivity index (χ0) is 12.5. The number of nitrogens with zero attached hydrogens (tertiary/aromatic N) is 2. The summed E-state index contributed by atoms with van der Waals surface area (Å²) in [6.45, 7) is 2.71. The topological polar surface area (TPSA) is 37.8 Å². The second kappa shape index (κ2) is 4.84. The largest absolute Gasteiger partial charge is 0.356 e. The van der Waals surface area contributed by atoms with Gasteiger partial charge in [-0.3, -0.25) is 0 Å². The summed E-state index contributed by atoms with van der Waals surface area (Å²) in [6, 6.07) is 5.76. The number of aryl methyl sites for hydroxylation is 1. The molecule has 0 atom stereocenters. The summed E-state index contributed by atoms with van der Waals surface area (Å²) in [4.78, 5) is 8.90. The van der Waals surface area contributed by atoms with Gasteiger partial charge >= 0.3 is 0 Å². The van der Waals surface area contributed by atoms with Gasteiger partial charge in [0, 0.05) is 10.4 Å². The first-order chi connectivity index (χ1) is 8.70. The van der Waals surface area contributed by atoms with Crippen molar-refractivity contribution in [3.8, 4) is 0 Å². The Morgan fingerprint density at radius 1 is 1.33 bits per heavy atom. The molecule has 1 N–H and O–H groups in total. The third kappa shape index (κ3) is 2.48. The Hall–Kier alpha value is -1.17. The molecule has 0 spiro atoms. The number of halogens is 1. The minimum Gasteiger partial charge on any atom is -0.356 e. The van der Waals surface area contributed by atoms with Crippen molar-refractivity contribution < 1.29 is 0 Å². The molecular weight excluding hydrogens is 286 g/mol. The molecule has 0 bridgehead atoms. The molecule has 18 heavy (non-hydrogen) atoms. The van der Waals surface area contributed by atoms with E-state index in [0.29, 0.717) is 6.54 Å². The molecule has 92 valence electrons. The van der Waals surface area contributed by atoms with Crippen molar-refractivity contribution in [2.45, 2.75) is 13.5 Å². The van der Waals surface area contributed by atoms with E-state index < -0.39 is 0 Å². The summed E-state index contributed by atoms with van der Waals surface area (Å²) >= 11 is 9.23. The Kier molecular flexibility index (Phi) is 3.20. The summed E-state index contributed by atoms with van der Waals surface area (Å²) in [7, 11) is 0. The third-order valence-corrected chi connectivity index (χ3v) is 4.49. The first kappa shape index (κ1) is 11.9. The fourth-order valence-electron chi connectivity index (χ4n) is 1.63. The molecule has 3 rings (SSSR count). The van der Waals surface area contributed by atoms with E-state index in [1.165, 1.54) is 0 Å². The van der Waals surface area contributed by atoms with E-state index >= 15 is 0 Å². The molecule has 0 aliphatic carbocycles. The molecule has 3 nitrogen and oxygen atoms in total. The van der Waals surface area contributed by atoms with E-state index in [2.05, 4.69) is 20.7 Å². The number of hydrogen-bond donors (Lipinski definition) is 1. The number of anilines is 1. The summed E-state index contributed by atoms with van der Waals surface area (Å²) in [5.74, 6) is 0. The SMILES string of the molecule is Cc1nc(CNc2nc3cc(Cl)ccc3s2)cs1. The highest BCUT2D eigenvalue weighted by Gasteiger charge is 2.05. The lowest BCUT2D eigenvalue weighted by Crippen LogP contribution is -1.98. The van der Waals surface area contributed by atoms with Crippen LogP contribution < -0.4 is 5.32 Å². The maximum Gasteiger partial charge on any atom is 0.184 e. The van der Waals surface area contributed by atoms with E-state index in [1.54, 1.807) is 22.7 Å². The lowest BCUT2D eigenvalue weighted by Gasteiger charge is -1.97. The van der Waals surface area contributed by atoms with Crippen molar-refractivity contribution >= 4 is 49.6 Å². The average Bonchev–Trinajstić information content (AvgIpc) is 2.92. The van der Waals surface area contributed by atoms with Crippen molar-refractivity contribution in [3.63, 3.8) is 0 Å². The van der Waals surface area contributed by atoms with Crippen molar-refractivity contribution in [3.05, 3.63) is 39.3 Å². The summed E-state index contributed by atoms with van der Waals surface area (Å²) in [6.07, 6.45) is 0. The minimum absolute atomic E-state index is 0.706. The fraction of sp³-hybridized carbons (Fsp3) is 0.167. The van der Waals surface area contributed by atoms with Crippen LogP contribution in [0, 0.1) is 6.92 Å². The number of fused-ring (bicyclic) bond motifs is 1. The zero-order valence-electron chi connectivity index (χ0n) is 9.61. The molecule has 0 aliphatic rings. The van der Waals surface area contributed by atoms with Crippen molar-refractivity contribution in [2.75, 3.05) is 5.32 Å². The van der Waals surface area contributed by atoms with E-state index in [-0.39, 0.29) is 0 Å². The smallest absolute Gasteiger partial charge is 0.184 e. The second-order valence-corrected chi connectivity index (χ2v) is 6.37. The quantitative estimate of drug-likeness (QED) is 0.781. The lowest BCUT2D eigenvalue weighted by molar-refractivity contribution is 1.05. The Balaban J connectivity index is 1.78. The van der Waals surface area contributed by atoms with Crippen LogP contribution >= 0.6 is 34.3 Å². The number of nitrogens with one attached hydrogen (secondary N) is 1. The van der Waals surface area contributed by atoms with Crippen LogP contribution in [0.1, 0.15) is 10.7 Å². The van der Waals surface area contributed by atoms with E-state index in [4.69, 9.17) is 11.6 Å². The predicted molar refractivity (Wildman–Crippen MR) is 78.8 cm³/mol. The molecule has 0 fully saturated rings. The van der Waals surface area contributed by atoms with Gasteiger partial charge in [0.15, 0.2) is 5.13 Å². The van der Waals surface area contributed by atoms with Gasteiger partial charge in [0.1, 0.15) is 0 Å². The van der Waals surface area contributed by atoms with E-state index in [0.717, 1.165) is 31.1 Å². The summed E-state index contributed by atoms with van der Waals surface area (Å²) in [5, 5.41) is 8.06. The van der Waals surface area contributed by atoms with Gasteiger partial charge in [-0.15, -0.1) is 11.3 Å². The van der Waals surface area contributed by atoms with Crippen LogP contribution in [0.3, 0.4) is 0 Å². The Labute approximate surface area is 117 Å². The van der Waals surface area contributed by atoms with Gasteiger partial charge in [0.05, 0.1) is 27.5 Å². The first-order valence-corrected chi connectivity index (χ1v) is 7.49. The third-order valence-electron chi connectivity index (χ3n) is 2.44. The molecule has 2 heterocycles. The Bertz CT molecular complexity index is 690. The molecule has 6 heteroatoms. The molecule has 3 aromatic rings. The molecule has 1 aromatic carbocycles. The second-order valence-electron chi connectivity index (χ2n) is 3.84. The van der Waals surface area contributed by atoms with Crippen molar-refractivity contribution in [2.24, 2.45) is 0 Å². The van der Waals surface area contributed by atoms with Gasteiger partial charge in [-0.1, -0.05) is 22.9 Å². The number of thiazole rings is 2. The normalized spacial score (nSPS) is 11.0. The van der Waals surface area contributed by atoms with Crippen LogP contribution in [0.15, 0.2) is 23.6 Å². The Morgan fingerprint density at radius 3 is 3.00 bits per heavy atom. The Morgan fingerprint density at radius 2 is 2.22 bits per heavy atom. The van der Waals surface area contributed by atoms with Gasteiger partial charge in [0.2, 0.25) is 0 Å². The predicted octanol–water partition coefficient (Wildman–Crippen LogP) is 4.33. The van der Waals surface area contributed by atoms with Crippen LogP contribution in [0.5, 0.6) is 0 Å². The first-order valence-electron chi connectivity index (χ1n) is 5.42. The molecule has 0 radical (unpaired) electrons. The van der Waals surface area contributed by atoms with Crippen LogP contribution in [-0.4, -0.2) is 9.97 Å². The zero-order valence-corrected chi connectivity index (χ0v) is 12.0. The summed E-state index contributed by atoms with van der Waals surface area (Å²) < 4.78 is 1.14. The van der Waals surface area contributed by atoms with Crippen LogP contribution in [0.2, 0.25) is 5.02 Å². The standard InChI is InChI=1S/C12H10ClN3S2/c1-7-15-9(6-17-7)5-14-12-16-10-4-8(13)2-3-11(10)18-12/h2-4,6H,5H2,1H3,(H,14,16). The number of hydrogen-bond acceptors (Lipinski definition) is 5. The van der Waals surface area contributed by atoms with Gasteiger partial charge in [-0.05, 0) is 25.1 Å². The minimum atomic E-state index is 0.706. The highest BCUT2D eigenvalue weighted by molar-refractivity contribution is 7.22. The monoisotopic (exact) mass is 295 g/mol. The average molecular weight is 296 g/mol. The molecule has 0 unspecified atom stereocenters. The van der Waals surface area contributed by atoms with Crippen molar-refractivity contribution in [1.29, 1.82) is 0 Å². The van der Waals surface area contributed by atoms with Crippen LogP contribution in [0.25, 0.3) is 10.2 Å². The lowest BCUT2D eigenvalue weighted by atomic mass is 10.3. The maximum atomic E-state index is 5.94. The molecule has 2 aromatic heterocycles. The van der Waals surface area contributed by atoms with Gasteiger partial charge in [0.25, 0.3) is 0 Å². The highest BCUT2D eigenvalue weighted by atomic mass is 35.5. The fourth-order valence-corrected chi connectivity index (χ4v) is 3.25. The van der Waals surface area contributed by atoms with E-state index in [9.17, 15) is 0 Å². The van der Waals surface area contributed by atoms with E-state index in [1.807, 2.05) is 25.1 Å². The van der Waals surface area contributed by atoms with Crippen molar-refractivity contribution in [1.82, 2.24) is 9.97 Å². The number of rotatable bonds is 3. The number of benzene rings is 1. The molecule has 0 saturated heterocycles. The molecular formula is C12H10ClN3S2. The molecule has 0 amide bonds. The summed E-state index contributed by atoms with van der Waals surface area (Å²) in [5.41, 5.74) is 1.99. The van der Waals surface area contributed by atoms with Crippen LogP contribution in [0.4, 0.5) is 5.13 Å². The molecule has 0 aliphatic heterocycles. The van der Waals surface area contributed by atoms with Gasteiger partial charge < -0.3 is 5.32 Å². The highest BCUT2D eigenvalue weighted by Crippen LogP contribution is 2.28. The number of aromatic nitrogens is 2. The van der Waals surface area contributed by atoms with Gasteiger partial charge in [-0.2, -0.15) is 0 Å².